The number of hydrogen-bond acceptors (Lipinski definition) is 5. The summed E-state index contributed by atoms with van der Waals surface area (Å²) < 4.78 is 1.83. The predicted octanol–water partition coefficient (Wildman–Crippen LogP) is 4.32. The number of aliphatic imine (C=N–C) groups is 1. The van der Waals surface area contributed by atoms with Crippen molar-refractivity contribution in [2.24, 2.45) is 23.1 Å². The standard InChI is InChI=1S/C22H28N6/c1-6-23-22(3,4)28(19-9-10-21-18(13-19)15-26(5)24-21)25-20-11-12-27(16(20)2)14-17-7-8-17/h6,9-13,15,17H,2,7-8,14H2,1,3-5H3/b23-6-,25-20-. The molecule has 6 nitrogen and oxygen atoms in total. The summed E-state index contributed by atoms with van der Waals surface area (Å²) in [7, 11) is 1.94. The van der Waals surface area contributed by atoms with Crippen LogP contribution >= 0.6 is 0 Å². The summed E-state index contributed by atoms with van der Waals surface area (Å²) in [6.07, 6.45) is 10.6. The number of benzene rings is 1. The minimum atomic E-state index is -0.532. The van der Waals surface area contributed by atoms with Crippen molar-refractivity contribution in [1.82, 2.24) is 14.7 Å². The lowest BCUT2D eigenvalue weighted by atomic mass is 10.1. The molecule has 0 radical (unpaired) electrons. The van der Waals surface area contributed by atoms with E-state index in [1.54, 1.807) is 0 Å². The Balaban J connectivity index is 1.71. The molecule has 1 aromatic carbocycles. The van der Waals surface area contributed by atoms with Gasteiger partial charge in [-0.15, -0.1) is 0 Å². The molecule has 1 aliphatic heterocycles. The third-order valence-corrected chi connectivity index (χ3v) is 5.22. The van der Waals surface area contributed by atoms with E-state index in [0.29, 0.717) is 0 Å². The first kappa shape index (κ1) is 18.5. The lowest BCUT2D eigenvalue weighted by Gasteiger charge is -2.33. The molecule has 1 aromatic heterocycles. The Bertz CT molecular complexity index is 990. The number of nitrogens with zero attached hydrogens (tertiary/aromatic N) is 6. The molecule has 0 unspecified atom stereocenters. The molecule has 0 spiro atoms. The molecule has 0 N–H and O–H groups in total. The molecule has 1 saturated carbocycles. The quantitative estimate of drug-likeness (QED) is 0.557. The molecule has 2 aromatic rings. The summed E-state index contributed by atoms with van der Waals surface area (Å²) in [5.41, 5.74) is 3.25. The minimum absolute atomic E-state index is 0.532. The average Bonchev–Trinajstić information content (AvgIpc) is 3.28. The Morgan fingerprint density at radius 1 is 1.36 bits per heavy atom. The van der Waals surface area contributed by atoms with Gasteiger partial charge in [-0.1, -0.05) is 6.58 Å². The van der Waals surface area contributed by atoms with Crippen LogP contribution in [0.4, 0.5) is 5.69 Å². The van der Waals surface area contributed by atoms with Gasteiger partial charge in [0.05, 0.1) is 16.9 Å². The van der Waals surface area contributed by atoms with E-state index < -0.39 is 5.66 Å². The molecule has 28 heavy (non-hydrogen) atoms. The molecule has 1 fully saturated rings. The Labute approximate surface area is 166 Å². The average molecular weight is 377 g/mol. The van der Waals surface area contributed by atoms with E-state index in [2.05, 4.69) is 53.8 Å². The lowest BCUT2D eigenvalue weighted by Crippen LogP contribution is -2.39. The zero-order chi connectivity index (χ0) is 19.9. The Morgan fingerprint density at radius 3 is 2.86 bits per heavy atom. The highest BCUT2D eigenvalue weighted by Gasteiger charge is 2.30. The van der Waals surface area contributed by atoms with Crippen molar-refractivity contribution >= 4 is 28.5 Å². The Kier molecular flexibility index (Phi) is 4.57. The molecule has 6 heteroatoms. The second-order valence-corrected chi connectivity index (χ2v) is 8.08. The fourth-order valence-corrected chi connectivity index (χ4v) is 3.58. The van der Waals surface area contributed by atoms with Crippen LogP contribution < -0.4 is 5.01 Å². The molecular weight excluding hydrogens is 348 g/mol. The fourth-order valence-electron chi connectivity index (χ4n) is 3.58. The number of hydrazone groups is 1. The molecule has 2 heterocycles. The van der Waals surface area contributed by atoms with Gasteiger partial charge in [0.1, 0.15) is 11.4 Å². The van der Waals surface area contributed by atoms with Crippen molar-refractivity contribution in [3.63, 3.8) is 0 Å². The van der Waals surface area contributed by atoms with Gasteiger partial charge >= 0.3 is 0 Å². The van der Waals surface area contributed by atoms with E-state index in [1.165, 1.54) is 12.8 Å². The van der Waals surface area contributed by atoms with E-state index in [1.807, 2.05) is 48.2 Å². The molecule has 0 bridgehead atoms. The summed E-state index contributed by atoms with van der Waals surface area (Å²) in [6.45, 7) is 11.4. The minimum Gasteiger partial charge on any atom is -0.346 e. The second-order valence-electron chi connectivity index (χ2n) is 8.08. The van der Waals surface area contributed by atoms with E-state index in [4.69, 9.17) is 5.10 Å². The van der Waals surface area contributed by atoms with E-state index in [9.17, 15) is 0 Å². The van der Waals surface area contributed by atoms with Crippen molar-refractivity contribution in [3.8, 4) is 0 Å². The monoisotopic (exact) mass is 376 g/mol. The van der Waals surface area contributed by atoms with Gasteiger partial charge in [0, 0.05) is 31.4 Å². The van der Waals surface area contributed by atoms with E-state index in [0.717, 1.165) is 40.5 Å². The predicted molar refractivity (Wildman–Crippen MR) is 117 cm³/mol. The van der Waals surface area contributed by atoms with Crippen molar-refractivity contribution < 1.29 is 0 Å². The maximum atomic E-state index is 4.99. The summed E-state index contributed by atoms with van der Waals surface area (Å²) in [5, 5.41) is 12.5. The largest absolute Gasteiger partial charge is 0.346 e. The van der Waals surface area contributed by atoms with Crippen molar-refractivity contribution in [2.45, 2.75) is 39.3 Å². The van der Waals surface area contributed by atoms with Crippen LogP contribution in [0.3, 0.4) is 0 Å². The number of aryl methyl sites for hydroxylation is 1. The molecule has 2 aliphatic rings. The number of hydrogen-bond donors (Lipinski definition) is 0. The van der Waals surface area contributed by atoms with Gasteiger partial charge in [-0.3, -0.25) is 9.67 Å². The molecule has 0 atom stereocenters. The Morgan fingerprint density at radius 2 is 2.14 bits per heavy atom. The normalized spacial score (nSPS) is 18.9. The maximum absolute atomic E-state index is 4.99. The van der Waals surface area contributed by atoms with E-state index in [-0.39, 0.29) is 0 Å². The zero-order valence-electron chi connectivity index (χ0n) is 17.1. The van der Waals surface area contributed by atoms with Gasteiger partial charge in [-0.25, -0.2) is 5.01 Å². The van der Waals surface area contributed by atoms with E-state index >= 15 is 0 Å². The van der Waals surface area contributed by atoms with Crippen molar-refractivity contribution in [3.05, 3.63) is 48.9 Å². The number of fused-ring (bicyclic) bond motifs is 1. The third kappa shape index (κ3) is 3.59. The first-order chi connectivity index (χ1) is 13.4. The van der Waals surface area contributed by atoms with Crippen LogP contribution in [0.2, 0.25) is 0 Å². The summed E-state index contributed by atoms with van der Waals surface area (Å²) in [5.74, 6) is 0.797. The number of rotatable bonds is 6. The van der Waals surface area contributed by atoms with Gasteiger partial charge in [0.25, 0.3) is 0 Å². The molecule has 146 valence electrons. The van der Waals surface area contributed by atoms with Crippen LogP contribution in [-0.4, -0.2) is 38.8 Å². The first-order valence-corrected chi connectivity index (χ1v) is 9.83. The van der Waals surface area contributed by atoms with Crippen LogP contribution in [0.25, 0.3) is 10.9 Å². The highest BCUT2D eigenvalue weighted by Crippen LogP contribution is 2.33. The van der Waals surface area contributed by atoms with Crippen molar-refractivity contribution in [2.75, 3.05) is 11.6 Å². The highest BCUT2D eigenvalue weighted by atomic mass is 15.5. The van der Waals surface area contributed by atoms with Crippen LogP contribution in [0.1, 0.15) is 33.6 Å². The highest BCUT2D eigenvalue weighted by molar-refractivity contribution is 6.10. The zero-order valence-corrected chi connectivity index (χ0v) is 17.1. The summed E-state index contributed by atoms with van der Waals surface area (Å²) in [4.78, 5) is 6.89. The van der Waals surface area contributed by atoms with Crippen LogP contribution in [0, 0.1) is 5.92 Å². The smallest absolute Gasteiger partial charge is 0.146 e. The van der Waals surface area contributed by atoms with Gasteiger partial charge in [0.2, 0.25) is 0 Å². The van der Waals surface area contributed by atoms with Gasteiger partial charge in [-0.05, 0) is 70.0 Å². The van der Waals surface area contributed by atoms with Gasteiger partial charge < -0.3 is 4.90 Å². The second kappa shape index (κ2) is 6.93. The third-order valence-electron chi connectivity index (χ3n) is 5.22. The molecule has 1 aliphatic carbocycles. The number of aromatic nitrogens is 2. The lowest BCUT2D eigenvalue weighted by molar-refractivity contribution is 0.466. The number of anilines is 1. The SMILES string of the molecule is C=C1/C(=N\N(c2ccc3nn(C)cc3c2)C(C)(C)/N=C\C)C=CN1CC1CC1. The number of allylic oxidation sites excluding steroid dienone is 1. The summed E-state index contributed by atoms with van der Waals surface area (Å²) in [6, 6.07) is 6.20. The molecule has 4 rings (SSSR count). The molecule has 0 amide bonds. The topological polar surface area (TPSA) is 49.0 Å². The van der Waals surface area contributed by atoms with Crippen LogP contribution in [-0.2, 0) is 7.05 Å². The van der Waals surface area contributed by atoms with Gasteiger partial charge in [-0.2, -0.15) is 10.2 Å². The molecule has 0 saturated heterocycles. The van der Waals surface area contributed by atoms with Crippen LogP contribution in [0.5, 0.6) is 0 Å². The first-order valence-electron chi connectivity index (χ1n) is 9.83. The maximum Gasteiger partial charge on any atom is 0.146 e. The fraction of sp³-hybridized carbons (Fsp3) is 0.409. The molecular formula is C22H28N6. The van der Waals surface area contributed by atoms with Crippen LogP contribution in [0.15, 0.2) is 59.0 Å². The summed E-state index contributed by atoms with van der Waals surface area (Å²) >= 11 is 0. The van der Waals surface area contributed by atoms with Gasteiger partial charge in [0.15, 0.2) is 0 Å². The Hall–Kier alpha value is -2.89. The van der Waals surface area contributed by atoms with Crippen molar-refractivity contribution in [1.29, 1.82) is 0 Å².